The fourth-order valence-corrected chi connectivity index (χ4v) is 2.37. The molecule has 0 unspecified atom stereocenters. The van der Waals surface area contributed by atoms with Crippen molar-refractivity contribution in [2.45, 2.75) is 32.3 Å². The summed E-state index contributed by atoms with van der Waals surface area (Å²) in [5.74, 6) is 0.550. The summed E-state index contributed by atoms with van der Waals surface area (Å²) < 4.78 is 5.41. The van der Waals surface area contributed by atoms with Gasteiger partial charge in [-0.3, -0.25) is 4.79 Å². The Morgan fingerprint density at radius 2 is 2.05 bits per heavy atom. The number of nitrogens with two attached hydrogens (primary N) is 1. The highest BCUT2D eigenvalue weighted by atomic mass is 16.5. The summed E-state index contributed by atoms with van der Waals surface area (Å²) in [6.45, 7) is 5.35. The van der Waals surface area contributed by atoms with E-state index in [4.69, 9.17) is 10.5 Å². The first kappa shape index (κ1) is 14.7. The molecule has 1 aromatic carbocycles. The molecule has 110 valence electrons. The molecule has 0 aromatic heterocycles. The van der Waals surface area contributed by atoms with Crippen LogP contribution in [-0.2, 0) is 0 Å². The van der Waals surface area contributed by atoms with Crippen molar-refractivity contribution in [3.05, 3.63) is 23.8 Å². The number of nitrogen functional groups attached to an aromatic ring is 1. The number of aliphatic hydroxyl groups is 1. The van der Waals surface area contributed by atoms with Crippen LogP contribution in [0.5, 0.6) is 5.75 Å². The molecule has 1 aliphatic heterocycles. The van der Waals surface area contributed by atoms with Gasteiger partial charge in [-0.1, -0.05) is 0 Å². The number of hydrogen-bond acceptors (Lipinski definition) is 4. The quantitative estimate of drug-likeness (QED) is 0.824. The van der Waals surface area contributed by atoms with Crippen molar-refractivity contribution in [3.8, 4) is 5.75 Å². The Hall–Kier alpha value is -1.75. The lowest BCUT2D eigenvalue weighted by molar-refractivity contribution is -0.00203. The summed E-state index contributed by atoms with van der Waals surface area (Å²) in [4.78, 5) is 14.2. The lowest BCUT2D eigenvalue weighted by atomic mass is 9.93. The Balaban J connectivity index is 2.13. The summed E-state index contributed by atoms with van der Waals surface area (Å²) >= 11 is 0. The summed E-state index contributed by atoms with van der Waals surface area (Å²) in [6, 6.07) is 5.09. The maximum absolute atomic E-state index is 12.5. The van der Waals surface area contributed by atoms with Gasteiger partial charge in [0.05, 0.1) is 12.2 Å². The molecule has 0 aliphatic carbocycles. The molecule has 1 amide bonds. The van der Waals surface area contributed by atoms with E-state index in [1.54, 1.807) is 23.1 Å². The van der Waals surface area contributed by atoms with Crippen LogP contribution in [0.4, 0.5) is 5.69 Å². The number of nitrogens with zero attached hydrogens (tertiary/aromatic N) is 1. The predicted octanol–water partition coefficient (Wildman–Crippen LogP) is 1.65. The molecule has 0 atom stereocenters. The monoisotopic (exact) mass is 278 g/mol. The van der Waals surface area contributed by atoms with E-state index in [2.05, 4.69) is 0 Å². The Morgan fingerprint density at radius 1 is 1.40 bits per heavy atom. The Morgan fingerprint density at radius 3 is 2.65 bits per heavy atom. The smallest absolute Gasteiger partial charge is 0.254 e. The minimum absolute atomic E-state index is 0.0613. The van der Waals surface area contributed by atoms with Crippen LogP contribution in [0.2, 0.25) is 0 Å². The molecule has 1 aromatic rings. The maximum Gasteiger partial charge on any atom is 0.254 e. The van der Waals surface area contributed by atoms with Crippen LogP contribution in [0.15, 0.2) is 18.2 Å². The van der Waals surface area contributed by atoms with Crippen molar-refractivity contribution < 1.29 is 14.6 Å². The van der Waals surface area contributed by atoms with Crippen molar-refractivity contribution in [1.29, 1.82) is 0 Å². The van der Waals surface area contributed by atoms with Crippen LogP contribution in [0.25, 0.3) is 0 Å². The zero-order valence-electron chi connectivity index (χ0n) is 12.1. The largest absolute Gasteiger partial charge is 0.494 e. The Bertz CT molecular complexity index is 490. The van der Waals surface area contributed by atoms with E-state index in [1.165, 1.54) is 0 Å². The Kier molecular flexibility index (Phi) is 4.18. The normalized spacial score (nSPS) is 17.9. The first-order valence-corrected chi connectivity index (χ1v) is 6.96. The van der Waals surface area contributed by atoms with Gasteiger partial charge in [-0.25, -0.2) is 0 Å². The minimum atomic E-state index is -0.664. The van der Waals surface area contributed by atoms with Crippen LogP contribution in [0.3, 0.4) is 0 Å². The van der Waals surface area contributed by atoms with Crippen LogP contribution in [0.1, 0.15) is 37.0 Å². The molecular formula is C15H22N2O3. The van der Waals surface area contributed by atoms with E-state index in [0.717, 1.165) is 0 Å². The number of anilines is 1. The maximum atomic E-state index is 12.5. The molecule has 0 saturated carbocycles. The topological polar surface area (TPSA) is 75.8 Å². The average molecular weight is 278 g/mol. The minimum Gasteiger partial charge on any atom is -0.494 e. The second-order valence-corrected chi connectivity index (χ2v) is 5.51. The zero-order chi connectivity index (χ0) is 14.8. The van der Waals surface area contributed by atoms with Crippen LogP contribution < -0.4 is 10.5 Å². The predicted molar refractivity (Wildman–Crippen MR) is 77.8 cm³/mol. The van der Waals surface area contributed by atoms with E-state index < -0.39 is 5.60 Å². The average Bonchev–Trinajstić information content (AvgIpc) is 2.37. The molecule has 5 nitrogen and oxygen atoms in total. The SMILES string of the molecule is CCOc1cc(N)cc(C(=O)N2CCC(C)(O)CC2)c1. The first-order chi connectivity index (χ1) is 9.41. The lowest BCUT2D eigenvalue weighted by Crippen LogP contribution is -2.45. The van der Waals surface area contributed by atoms with Gasteiger partial charge in [0, 0.05) is 30.4 Å². The molecular weight excluding hydrogens is 256 g/mol. The molecule has 0 spiro atoms. The fourth-order valence-electron chi connectivity index (χ4n) is 2.37. The number of benzene rings is 1. The summed E-state index contributed by atoms with van der Waals surface area (Å²) in [7, 11) is 0. The van der Waals surface area contributed by atoms with Crippen molar-refractivity contribution in [2.75, 3.05) is 25.4 Å². The van der Waals surface area contributed by atoms with Gasteiger partial charge >= 0.3 is 0 Å². The highest BCUT2D eigenvalue weighted by Gasteiger charge is 2.30. The number of carbonyl (C=O) groups is 1. The van der Waals surface area contributed by atoms with Crippen molar-refractivity contribution >= 4 is 11.6 Å². The molecule has 0 bridgehead atoms. The molecule has 2 rings (SSSR count). The highest BCUT2D eigenvalue weighted by molar-refractivity contribution is 5.95. The summed E-state index contributed by atoms with van der Waals surface area (Å²) in [6.07, 6.45) is 1.19. The number of amides is 1. The number of piperidine rings is 1. The van der Waals surface area contributed by atoms with E-state index in [0.29, 0.717) is 49.5 Å². The molecule has 0 radical (unpaired) electrons. The standard InChI is InChI=1S/C15H22N2O3/c1-3-20-13-9-11(8-12(16)10-13)14(18)17-6-4-15(2,19)5-7-17/h8-10,19H,3-7,16H2,1-2H3. The number of carbonyl (C=O) groups excluding carboxylic acids is 1. The van der Waals surface area contributed by atoms with E-state index in [9.17, 15) is 9.90 Å². The number of hydrogen-bond donors (Lipinski definition) is 2. The van der Waals surface area contributed by atoms with Gasteiger partial charge in [-0.2, -0.15) is 0 Å². The van der Waals surface area contributed by atoms with Gasteiger partial charge < -0.3 is 20.5 Å². The molecule has 1 fully saturated rings. The zero-order valence-corrected chi connectivity index (χ0v) is 12.1. The van der Waals surface area contributed by atoms with Crippen LogP contribution >= 0.6 is 0 Å². The van der Waals surface area contributed by atoms with Gasteiger partial charge in [0.15, 0.2) is 0 Å². The van der Waals surface area contributed by atoms with Crippen LogP contribution in [-0.4, -0.2) is 41.2 Å². The van der Waals surface area contributed by atoms with Crippen molar-refractivity contribution in [1.82, 2.24) is 4.90 Å². The molecule has 1 saturated heterocycles. The second kappa shape index (κ2) is 5.71. The lowest BCUT2D eigenvalue weighted by Gasteiger charge is -2.35. The van der Waals surface area contributed by atoms with Crippen molar-refractivity contribution in [3.63, 3.8) is 0 Å². The highest BCUT2D eigenvalue weighted by Crippen LogP contribution is 2.25. The summed E-state index contributed by atoms with van der Waals surface area (Å²) in [5, 5.41) is 9.92. The van der Waals surface area contributed by atoms with Crippen LogP contribution in [0, 0.1) is 0 Å². The van der Waals surface area contributed by atoms with E-state index in [1.807, 2.05) is 13.8 Å². The molecule has 20 heavy (non-hydrogen) atoms. The van der Waals surface area contributed by atoms with Gasteiger partial charge in [0.2, 0.25) is 0 Å². The third-order valence-corrected chi connectivity index (χ3v) is 3.61. The third kappa shape index (κ3) is 3.42. The first-order valence-electron chi connectivity index (χ1n) is 6.96. The second-order valence-electron chi connectivity index (χ2n) is 5.51. The molecule has 5 heteroatoms. The fraction of sp³-hybridized carbons (Fsp3) is 0.533. The molecule has 1 aliphatic rings. The van der Waals surface area contributed by atoms with Gasteiger partial charge in [-0.15, -0.1) is 0 Å². The third-order valence-electron chi connectivity index (χ3n) is 3.61. The number of rotatable bonds is 3. The summed E-state index contributed by atoms with van der Waals surface area (Å²) in [5.41, 5.74) is 6.20. The van der Waals surface area contributed by atoms with Gasteiger partial charge in [0.25, 0.3) is 5.91 Å². The van der Waals surface area contributed by atoms with Gasteiger partial charge in [-0.05, 0) is 38.8 Å². The van der Waals surface area contributed by atoms with E-state index >= 15 is 0 Å². The van der Waals surface area contributed by atoms with Gasteiger partial charge in [0.1, 0.15) is 5.75 Å². The number of ether oxygens (including phenoxy) is 1. The Labute approximate surface area is 119 Å². The van der Waals surface area contributed by atoms with Crippen molar-refractivity contribution in [2.24, 2.45) is 0 Å². The molecule has 3 N–H and O–H groups in total. The number of likely N-dealkylation sites (tertiary alicyclic amines) is 1. The molecule has 1 heterocycles. The van der Waals surface area contributed by atoms with E-state index in [-0.39, 0.29) is 5.91 Å².